The van der Waals surface area contributed by atoms with E-state index in [0.29, 0.717) is 22.6 Å². The minimum absolute atomic E-state index is 0.0650. The average Bonchev–Trinajstić information content (AvgIpc) is 3.05. The maximum atomic E-state index is 13.6. The second-order valence-corrected chi connectivity index (χ2v) is 10.1. The van der Waals surface area contributed by atoms with Gasteiger partial charge in [0.25, 0.3) is 5.91 Å². The fourth-order valence-electron chi connectivity index (χ4n) is 5.03. The van der Waals surface area contributed by atoms with Gasteiger partial charge in [0.2, 0.25) is 5.91 Å². The van der Waals surface area contributed by atoms with Crippen LogP contribution in [0.4, 0.5) is 17.1 Å². The molecule has 0 atom stereocenters. The average molecular weight is 510 g/mol. The monoisotopic (exact) mass is 509 g/mol. The van der Waals surface area contributed by atoms with Crippen molar-refractivity contribution in [2.24, 2.45) is 0 Å². The SMILES string of the molecule is C=CCN(C)CCCCCCCCc1ccc(CC(=O)N2c3ccccc3NC(=O)c3ccccc32)cc1. The Balaban J connectivity index is 1.29. The lowest BCUT2D eigenvalue weighted by Crippen LogP contribution is -2.28. The van der Waals surface area contributed by atoms with Crippen LogP contribution in [0, 0.1) is 0 Å². The number of hydrogen-bond donors (Lipinski definition) is 1. The zero-order chi connectivity index (χ0) is 26.7. The fourth-order valence-corrected chi connectivity index (χ4v) is 5.03. The number of amides is 2. The van der Waals surface area contributed by atoms with E-state index in [1.54, 1.807) is 11.0 Å². The van der Waals surface area contributed by atoms with Crippen molar-refractivity contribution >= 4 is 28.9 Å². The molecule has 0 unspecified atom stereocenters. The molecule has 0 radical (unpaired) electrons. The number of likely N-dealkylation sites (N-methyl/N-ethyl adjacent to an activating group) is 1. The lowest BCUT2D eigenvalue weighted by atomic mass is 10.0. The standard InChI is InChI=1S/C33H39N3O2/c1-3-23-35(2)24-13-7-5-4-6-8-14-26-19-21-27(22-20-26)25-32(37)36-30-17-11-9-15-28(30)33(38)34-29-16-10-12-18-31(29)36/h3,9-12,15-22H,1,4-8,13-14,23-25H2,2H3,(H,34,38). The zero-order valence-corrected chi connectivity index (χ0v) is 22.5. The molecule has 1 aliphatic rings. The molecule has 0 saturated carbocycles. The Kier molecular flexibility index (Phi) is 9.88. The lowest BCUT2D eigenvalue weighted by molar-refractivity contribution is -0.117. The molecule has 0 saturated heterocycles. The molecule has 1 heterocycles. The first-order chi connectivity index (χ1) is 18.6. The van der Waals surface area contributed by atoms with Gasteiger partial charge in [-0.05, 0) is 68.2 Å². The summed E-state index contributed by atoms with van der Waals surface area (Å²) in [6, 6.07) is 23.1. The summed E-state index contributed by atoms with van der Waals surface area (Å²) >= 11 is 0. The molecule has 0 fully saturated rings. The summed E-state index contributed by atoms with van der Waals surface area (Å²) in [5.41, 5.74) is 4.72. The molecule has 38 heavy (non-hydrogen) atoms. The number of nitrogens with one attached hydrogen (secondary N) is 1. The normalized spacial score (nSPS) is 12.5. The van der Waals surface area contributed by atoms with Crippen LogP contribution in [-0.2, 0) is 17.6 Å². The van der Waals surface area contributed by atoms with Crippen molar-refractivity contribution in [2.45, 2.75) is 51.4 Å². The van der Waals surface area contributed by atoms with E-state index in [-0.39, 0.29) is 18.2 Å². The number of hydrogen-bond acceptors (Lipinski definition) is 3. The first-order valence-corrected chi connectivity index (χ1v) is 13.8. The highest BCUT2D eigenvalue weighted by molar-refractivity contribution is 6.17. The Morgan fingerprint density at radius 2 is 1.47 bits per heavy atom. The first kappa shape index (κ1) is 27.3. The summed E-state index contributed by atoms with van der Waals surface area (Å²) in [6.45, 7) is 5.90. The van der Waals surface area contributed by atoms with Gasteiger partial charge in [-0.25, -0.2) is 0 Å². The summed E-state index contributed by atoms with van der Waals surface area (Å²) in [5, 5.41) is 2.94. The van der Waals surface area contributed by atoms with Gasteiger partial charge in [-0.3, -0.25) is 14.5 Å². The Labute approximate surface area is 227 Å². The molecule has 5 heteroatoms. The van der Waals surface area contributed by atoms with Gasteiger partial charge in [0.05, 0.1) is 29.0 Å². The number of carbonyl (C=O) groups excluding carboxylic acids is 2. The zero-order valence-electron chi connectivity index (χ0n) is 22.5. The largest absolute Gasteiger partial charge is 0.320 e. The van der Waals surface area contributed by atoms with E-state index >= 15 is 0 Å². The number of aryl methyl sites for hydroxylation is 1. The minimum Gasteiger partial charge on any atom is -0.320 e. The maximum absolute atomic E-state index is 13.6. The molecule has 1 aliphatic heterocycles. The number of nitrogens with zero attached hydrogens (tertiary/aromatic N) is 2. The van der Waals surface area contributed by atoms with Crippen LogP contribution in [0.25, 0.3) is 0 Å². The number of anilines is 3. The highest BCUT2D eigenvalue weighted by Crippen LogP contribution is 2.38. The quantitative estimate of drug-likeness (QED) is 0.196. The molecule has 0 spiro atoms. The van der Waals surface area contributed by atoms with Gasteiger partial charge in [0.1, 0.15) is 0 Å². The molecule has 4 rings (SSSR count). The van der Waals surface area contributed by atoms with Gasteiger partial charge in [0.15, 0.2) is 0 Å². The molecular formula is C33H39N3O2. The van der Waals surface area contributed by atoms with Gasteiger partial charge in [-0.15, -0.1) is 6.58 Å². The fraction of sp³-hybridized carbons (Fsp3) is 0.333. The first-order valence-electron chi connectivity index (χ1n) is 13.8. The molecule has 5 nitrogen and oxygen atoms in total. The van der Waals surface area contributed by atoms with E-state index in [1.165, 1.54) is 44.1 Å². The summed E-state index contributed by atoms with van der Waals surface area (Å²) in [7, 11) is 2.15. The maximum Gasteiger partial charge on any atom is 0.257 e. The lowest BCUT2D eigenvalue weighted by Gasteiger charge is -2.24. The molecule has 0 aliphatic carbocycles. The molecule has 2 amide bonds. The van der Waals surface area contributed by atoms with Crippen LogP contribution in [0.15, 0.2) is 85.5 Å². The van der Waals surface area contributed by atoms with Gasteiger partial charge in [-0.1, -0.05) is 80.3 Å². The van der Waals surface area contributed by atoms with Crippen LogP contribution in [0.5, 0.6) is 0 Å². The van der Waals surface area contributed by atoms with Gasteiger partial charge < -0.3 is 10.2 Å². The number of fused-ring (bicyclic) bond motifs is 2. The highest BCUT2D eigenvalue weighted by Gasteiger charge is 2.28. The van der Waals surface area contributed by atoms with E-state index in [2.05, 4.69) is 48.1 Å². The van der Waals surface area contributed by atoms with E-state index < -0.39 is 0 Å². The summed E-state index contributed by atoms with van der Waals surface area (Å²) in [5.74, 6) is -0.270. The molecule has 198 valence electrons. The van der Waals surface area contributed by atoms with Gasteiger partial charge >= 0.3 is 0 Å². The topological polar surface area (TPSA) is 52.7 Å². The molecule has 3 aromatic rings. The van der Waals surface area contributed by atoms with Crippen LogP contribution < -0.4 is 10.2 Å². The third-order valence-corrected chi connectivity index (χ3v) is 7.11. The Hall–Kier alpha value is -3.70. The van der Waals surface area contributed by atoms with Crippen LogP contribution in [0.2, 0.25) is 0 Å². The molecular weight excluding hydrogens is 470 g/mol. The van der Waals surface area contributed by atoms with Crippen molar-refractivity contribution < 1.29 is 9.59 Å². The minimum atomic E-state index is -0.205. The van der Waals surface area contributed by atoms with Crippen LogP contribution in [-0.4, -0.2) is 36.9 Å². The van der Waals surface area contributed by atoms with Crippen LogP contribution in [0.1, 0.15) is 60.0 Å². The van der Waals surface area contributed by atoms with Gasteiger partial charge in [0, 0.05) is 6.54 Å². The van der Waals surface area contributed by atoms with E-state index in [4.69, 9.17) is 0 Å². The third-order valence-electron chi connectivity index (χ3n) is 7.11. The van der Waals surface area contributed by atoms with E-state index in [9.17, 15) is 9.59 Å². The van der Waals surface area contributed by atoms with Crippen molar-refractivity contribution in [1.82, 2.24) is 4.90 Å². The number of benzene rings is 3. The second-order valence-electron chi connectivity index (χ2n) is 10.1. The van der Waals surface area contributed by atoms with Crippen molar-refractivity contribution in [2.75, 3.05) is 30.4 Å². The number of carbonyl (C=O) groups is 2. The second kappa shape index (κ2) is 13.7. The van der Waals surface area contributed by atoms with Crippen molar-refractivity contribution in [3.05, 3.63) is 102 Å². The Morgan fingerprint density at radius 1 is 0.842 bits per heavy atom. The number of unbranched alkanes of at least 4 members (excludes halogenated alkanes) is 5. The third kappa shape index (κ3) is 7.20. The van der Waals surface area contributed by atoms with Gasteiger partial charge in [-0.2, -0.15) is 0 Å². The van der Waals surface area contributed by atoms with Crippen LogP contribution in [0.3, 0.4) is 0 Å². The molecule has 1 N–H and O–H groups in total. The highest BCUT2D eigenvalue weighted by atomic mass is 16.2. The smallest absolute Gasteiger partial charge is 0.257 e. The predicted octanol–water partition coefficient (Wildman–Crippen LogP) is 7.16. The van der Waals surface area contributed by atoms with Crippen molar-refractivity contribution in [1.29, 1.82) is 0 Å². The molecule has 3 aromatic carbocycles. The predicted molar refractivity (Wildman–Crippen MR) is 157 cm³/mol. The summed E-state index contributed by atoms with van der Waals surface area (Å²) < 4.78 is 0. The number of rotatable bonds is 13. The van der Waals surface area contributed by atoms with E-state index in [1.807, 2.05) is 48.5 Å². The summed E-state index contributed by atoms with van der Waals surface area (Å²) in [4.78, 5) is 30.4. The molecule has 0 aromatic heterocycles. The number of para-hydroxylation sites is 3. The van der Waals surface area contributed by atoms with Crippen LogP contribution >= 0.6 is 0 Å². The summed E-state index contributed by atoms with van der Waals surface area (Å²) in [6.07, 6.45) is 10.9. The van der Waals surface area contributed by atoms with Crippen molar-refractivity contribution in [3.8, 4) is 0 Å². The van der Waals surface area contributed by atoms with E-state index in [0.717, 1.165) is 25.1 Å². The molecule has 0 bridgehead atoms. The Bertz CT molecular complexity index is 1230. The Morgan fingerprint density at radius 3 is 2.24 bits per heavy atom. The van der Waals surface area contributed by atoms with Crippen molar-refractivity contribution in [3.63, 3.8) is 0 Å².